The van der Waals surface area contributed by atoms with Gasteiger partial charge in [0.2, 0.25) is 0 Å². The van der Waals surface area contributed by atoms with Crippen LogP contribution >= 0.6 is 0 Å². The van der Waals surface area contributed by atoms with Crippen LogP contribution in [0.1, 0.15) is 58.3 Å². The number of carbonyl (C=O) groups excluding carboxylic acids is 1. The zero-order valence-electron chi connectivity index (χ0n) is 11.3. The molecule has 1 rings (SSSR count). The van der Waals surface area contributed by atoms with E-state index in [4.69, 9.17) is 0 Å². The van der Waals surface area contributed by atoms with Crippen LogP contribution in [0.25, 0.3) is 0 Å². The van der Waals surface area contributed by atoms with Gasteiger partial charge in [0.15, 0.2) is 0 Å². The first-order valence-corrected chi connectivity index (χ1v) is 6.55. The Kier molecular flexibility index (Phi) is 9.29. The molecule has 0 bridgehead atoms. The first-order valence-electron chi connectivity index (χ1n) is 6.55. The first kappa shape index (κ1) is 17.2. The number of allylic oxidation sites excluding steroid dienone is 1. The molecule has 0 aliphatic heterocycles. The molecule has 92 valence electrons. The molecule has 1 fully saturated rings. The summed E-state index contributed by atoms with van der Waals surface area (Å²) in [6, 6.07) is 0. The van der Waals surface area contributed by atoms with Crippen molar-refractivity contribution in [2.75, 3.05) is 0 Å². The molecule has 0 spiro atoms. The van der Waals surface area contributed by atoms with Gasteiger partial charge in [-0.3, -0.25) is 0 Å². The summed E-state index contributed by atoms with van der Waals surface area (Å²) in [5, 5.41) is 10.4. The van der Waals surface area contributed by atoms with Crippen LogP contribution in [-0.2, 0) is 4.79 Å². The molecule has 0 N–H and O–H groups in total. The Morgan fingerprint density at radius 3 is 2.35 bits per heavy atom. The van der Waals surface area contributed by atoms with Gasteiger partial charge < -0.3 is 9.90 Å². The first-order chi connectivity index (χ1) is 7.66. The van der Waals surface area contributed by atoms with Crippen LogP contribution < -0.4 is 34.7 Å². The van der Waals surface area contributed by atoms with Gasteiger partial charge in [-0.2, -0.15) is 0 Å². The Balaban J connectivity index is 0.00000256. The predicted octanol–water partition coefficient (Wildman–Crippen LogP) is -0.317. The quantitative estimate of drug-likeness (QED) is 0.318. The molecule has 1 aliphatic carbocycles. The van der Waals surface area contributed by atoms with Crippen LogP contribution in [0.15, 0.2) is 12.2 Å². The predicted molar refractivity (Wildman–Crippen MR) is 63.7 cm³/mol. The molecule has 2 atom stereocenters. The van der Waals surface area contributed by atoms with E-state index in [1.807, 2.05) is 0 Å². The monoisotopic (exact) mass is 246 g/mol. The van der Waals surface area contributed by atoms with Gasteiger partial charge in [-0.25, -0.2) is 0 Å². The third-order valence-electron chi connectivity index (χ3n) is 3.58. The van der Waals surface area contributed by atoms with Crippen LogP contribution in [0, 0.1) is 11.8 Å². The summed E-state index contributed by atoms with van der Waals surface area (Å²) in [4.78, 5) is 10.4. The topological polar surface area (TPSA) is 40.1 Å². The molecule has 17 heavy (non-hydrogen) atoms. The van der Waals surface area contributed by atoms with Gasteiger partial charge in [0.05, 0.1) is 0 Å². The number of carbonyl (C=O) groups is 1. The van der Waals surface area contributed by atoms with Crippen molar-refractivity contribution in [2.45, 2.75) is 58.3 Å². The Bertz CT molecular complexity index is 251. The van der Waals surface area contributed by atoms with E-state index >= 15 is 0 Å². The van der Waals surface area contributed by atoms with Crippen molar-refractivity contribution in [2.24, 2.45) is 11.8 Å². The van der Waals surface area contributed by atoms with Gasteiger partial charge in [0.1, 0.15) is 0 Å². The third kappa shape index (κ3) is 6.64. The number of hydrogen-bond donors (Lipinski definition) is 0. The number of carboxylic acid groups (broad SMARTS) is 1. The molecule has 1 aliphatic rings. The number of carboxylic acids is 1. The number of rotatable bonds is 9. The second-order valence-corrected chi connectivity index (χ2v) is 4.92. The van der Waals surface area contributed by atoms with E-state index in [1.165, 1.54) is 38.5 Å². The minimum absolute atomic E-state index is 0. The zero-order valence-corrected chi connectivity index (χ0v) is 13.3. The van der Waals surface area contributed by atoms with Crippen LogP contribution in [0.5, 0.6) is 0 Å². The molecule has 0 saturated heterocycles. The van der Waals surface area contributed by atoms with E-state index in [2.05, 4.69) is 13.5 Å². The molecular formula is C14H23NaO2. The van der Waals surface area contributed by atoms with E-state index in [-0.39, 0.29) is 41.9 Å². The molecule has 1 saturated carbocycles. The van der Waals surface area contributed by atoms with Crippen LogP contribution in [0.3, 0.4) is 0 Å². The molecule has 3 heteroatoms. The van der Waals surface area contributed by atoms with E-state index in [0.29, 0.717) is 5.92 Å². The molecule has 0 aromatic heterocycles. The second-order valence-electron chi connectivity index (χ2n) is 4.92. The molecular weight excluding hydrogens is 223 g/mol. The van der Waals surface area contributed by atoms with Crippen molar-refractivity contribution in [3.63, 3.8) is 0 Å². The van der Waals surface area contributed by atoms with Gasteiger partial charge in [0, 0.05) is 5.97 Å². The van der Waals surface area contributed by atoms with Crippen molar-refractivity contribution in [3.8, 4) is 0 Å². The molecule has 0 amide bonds. The number of hydrogen-bond acceptors (Lipinski definition) is 2. The number of aliphatic carboxylic acids is 1. The minimum atomic E-state index is -0.934. The summed E-state index contributed by atoms with van der Waals surface area (Å²) >= 11 is 0. The summed E-state index contributed by atoms with van der Waals surface area (Å²) in [6.07, 6.45) is 9.08. The molecule has 0 heterocycles. The maximum Gasteiger partial charge on any atom is 1.00 e. The van der Waals surface area contributed by atoms with Gasteiger partial charge in [0.25, 0.3) is 0 Å². The Hall–Kier alpha value is 0.210. The van der Waals surface area contributed by atoms with E-state index < -0.39 is 5.97 Å². The summed E-state index contributed by atoms with van der Waals surface area (Å²) in [7, 11) is 0. The van der Waals surface area contributed by atoms with Crippen LogP contribution in [0.4, 0.5) is 0 Å². The smallest absolute Gasteiger partial charge is 0.550 e. The third-order valence-corrected chi connectivity index (χ3v) is 3.58. The zero-order chi connectivity index (χ0) is 12.0. The van der Waals surface area contributed by atoms with Crippen LogP contribution in [0.2, 0.25) is 0 Å². The standard InChI is InChI=1S/C14H24O2.Na/c1-3-4-5-6-7-8-9-12-11(2)13(12)10-14(15)16;/h12-13H,2-10H2,1H3,(H,15,16);/q;+1/p-1/t12-,13+;/m0./s1. The molecule has 0 aromatic rings. The largest absolute Gasteiger partial charge is 1.00 e. The van der Waals surface area contributed by atoms with E-state index in [0.717, 1.165) is 12.0 Å². The van der Waals surface area contributed by atoms with Gasteiger partial charge in [-0.1, -0.05) is 57.6 Å². The summed E-state index contributed by atoms with van der Waals surface area (Å²) < 4.78 is 0. The summed E-state index contributed by atoms with van der Waals surface area (Å²) in [6.45, 7) is 6.14. The maximum atomic E-state index is 10.4. The Morgan fingerprint density at radius 2 is 1.76 bits per heavy atom. The van der Waals surface area contributed by atoms with Crippen molar-refractivity contribution in [1.82, 2.24) is 0 Å². The SMILES string of the molecule is C=C1[C@@H](CC(=O)[O-])[C@H]1CCCCCCCC.[Na+]. The second kappa shape index (κ2) is 9.18. The average Bonchev–Trinajstić information content (AvgIpc) is 2.82. The molecule has 2 nitrogen and oxygen atoms in total. The van der Waals surface area contributed by atoms with Gasteiger partial charge in [-0.05, 0) is 24.7 Å². The van der Waals surface area contributed by atoms with E-state index in [9.17, 15) is 9.90 Å². The van der Waals surface area contributed by atoms with Crippen molar-refractivity contribution < 1.29 is 39.5 Å². The Labute approximate surface area is 127 Å². The Morgan fingerprint density at radius 1 is 1.18 bits per heavy atom. The molecule has 0 unspecified atom stereocenters. The fraction of sp³-hybridized carbons (Fsp3) is 0.786. The molecule has 0 radical (unpaired) electrons. The fourth-order valence-electron chi connectivity index (χ4n) is 2.43. The van der Waals surface area contributed by atoms with Crippen molar-refractivity contribution in [1.29, 1.82) is 0 Å². The fourth-order valence-corrected chi connectivity index (χ4v) is 2.43. The number of unbranched alkanes of at least 4 members (excludes halogenated alkanes) is 5. The van der Waals surface area contributed by atoms with Crippen molar-refractivity contribution >= 4 is 5.97 Å². The van der Waals surface area contributed by atoms with Gasteiger partial charge in [-0.15, -0.1) is 0 Å². The summed E-state index contributed by atoms with van der Waals surface area (Å²) in [5.41, 5.74) is 1.14. The normalized spacial score (nSPS) is 22.1. The average molecular weight is 246 g/mol. The maximum absolute atomic E-state index is 10.4. The van der Waals surface area contributed by atoms with Crippen molar-refractivity contribution in [3.05, 3.63) is 12.2 Å². The van der Waals surface area contributed by atoms with E-state index in [1.54, 1.807) is 0 Å². The van der Waals surface area contributed by atoms with Gasteiger partial charge >= 0.3 is 29.6 Å². The summed E-state index contributed by atoms with van der Waals surface area (Å²) in [5.74, 6) is -0.235. The van der Waals surface area contributed by atoms with Crippen LogP contribution in [-0.4, -0.2) is 5.97 Å². The molecule has 0 aromatic carbocycles. The minimum Gasteiger partial charge on any atom is -0.550 e.